The van der Waals surface area contributed by atoms with Crippen molar-refractivity contribution in [3.05, 3.63) is 11.6 Å². The fourth-order valence-electron chi connectivity index (χ4n) is 6.69. The number of allylic oxidation sites excluding steroid dienone is 1. The molecular formula is C20H30O3. The molecule has 0 aliphatic heterocycles. The molecule has 3 fully saturated rings. The Morgan fingerprint density at radius 2 is 1.96 bits per heavy atom. The highest BCUT2D eigenvalue weighted by atomic mass is 16.5. The van der Waals surface area contributed by atoms with Gasteiger partial charge in [-0.25, -0.2) is 0 Å². The third kappa shape index (κ3) is 2.05. The maximum Gasteiger partial charge on any atom is 0.139 e. The Bertz CT molecular complexity index is 553. The normalized spacial score (nSPS) is 52.4. The fourth-order valence-corrected chi connectivity index (χ4v) is 6.69. The third-order valence-corrected chi connectivity index (χ3v) is 8.12. The Balaban J connectivity index is 1.67. The molecule has 128 valence electrons. The van der Waals surface area contributed by atoms with Crippen molar-refractivity contribution in [1.82, 2.24) is 0 Å². The highest BCUT2D eigenvalue weighted by Gasteiger charge is 2.59. The predicted octanol–water partition coefficient (Wildman–Crippen LogP) is 3.50. The van der Waals surface area contributed by atoms with Gasteiger partial charge in [-0.1, -0.05) is 25.5 Å². The van der Waals surface area contributed by atoms with E-state index >= 15 is 0 Å². The number of aliphatic hydroxyl groups is 1. The van der Waals surface area contributed by atoms with E-state index in [-0.39, 0.29) is 23.0 Å². The lowest BCUT2D eigenvalue weighted by atomic mass is 9.48. The topological polar surface area (TPSA) is 46.5 Å². The Hall–Kier alpha value is -0.670. The number of hydrogen-bond acceptors (Lipinski definition) is 3. The van der Waals surface area contributed by atoms with E-state index in [9.17, 15) is 9.90 Å². The molecule has 1 N–H and O–H groups in total. The zero-order valence-electron chi connectivity index (χ0n) is 14.7. The van der Waals surface area contributed by atoms with Crippen LogP contribution < -0.4 is 0 Å². The molecule has 3 saturated carbocycles. The molecule has 7 atom stereocenters. The van der Waals surface area contributed by atoms with Crippen molar-refractivity contribution in [3.63, 3.8) is 0 Å². The van der Waals surface area contributed by atoms with Crippen molar-refractivity contribution >= 4 is 5.78 Å². The summed E-state index contributed by atoms with van der Waals surface area (Å²) in [5, 5.41) is 10.5. The molecule has 23 heavy (non-hydrogen) atoms. The number of carbonyl (C=O) groups is 1. The van der Waals surface area contributed by atoms with Gasteiger partial charge in [0.1, 0.15) is 5.78 Å². The summed E-state index contributed by atoms with van der Waals surface area (Å²) in [6.45, 7) is 4.59. The van der Waals surface area contributed by atoms with Gasteiger partial charge in [-0.3, -0.25) is 4.79 Å². The molecule has 0 aromatic heterocycles. The number of hydrogen-bond donors (Lipinski definition) is 1. The molecule has 0 amide bonds. The van der Waals surface area contributed by atoms with Gasteiger partial charge in [-0.15, -0.1) is 0 Å². The standard InChI is InChI=1S/C20H30O3/c1-19-9-8-15-13(14(19)6-7-18(19)22)5-4-12-10-17(23-3)16(21)11-20(12,15)2/h4,13-17,21H,5-11H2,1-3H3/t13-,14-,15-,16-,17-,19-,20-/m0/s1. The highest BCUT2D eigenvalue weighted by molar-refractivity contribution is 5.87. The van der Waals surface area contributed by atoms with Crippen LogP contribution in [0.5, 0.6) is 0 Å². The molecule has 0 saturated heterocycles. The largest absolute Gasteiger partial charge is 0.390 e. The van der Waals surface area contributed by atoms with Gasteiger partial charge in [0.15, 0.2) is 0 Å². The van der Waals surface area contributed by atoms with Crippen molar-refractivity contribution in [2.45, 2.75) is 71.0 Å². The van der Waals surface area contributed by atoms with Gasteiger partial charge in [0, 0.05) is 18.9 Å². The van der Waals surface area contributed by atoms with E-state index in [0.717, 1.165) is 44.9 Å². The monoisotopic (exact) mass is 318 g/mol. The average molecular weight is 318 g/mol. The molecular weight excluding hydrogens is 288 g/mol. The second kappa shape index (κ2) is 5.16. The van der Waals surface area contributed by atoms with Gasteiger partial charge < -0.3 is 9.84 Å². The molecule has 0 spiro atoms. The lowest BCUT2D eigenvalue weighted by Gasteiger charge is -2.57. The average Bonchev–Trinajstić information content (AvgIpc) is 2.82. The maximum absolute atomic E-state index is 12.4. The number of ether oxygens (including phenoxy) is 1. The first-order chi connectivity index (χ1) is 10.9. The maximum atomic E-state index is 12.4. The highest BCUT2D eigenvalue weighted by Crippen LogP contribution is 2.64. The van der Waals surface area contributed by atoms with E-state index in [1.165, 1.54) is 5.57 Å². The quantitative estimate of drug-likeness (QED) is 0.753. The van der Waals surface area contributed by atoms with Crippen LogP contribution in [0.25, 0.3) is 0 Å². The van der Waals surface area contributed by atoms with Crippen LogP contribution in [0.3, 0.4) is 0 Å². The summed E-state index contributed by atoms with van der Waals surface area (Å²) in [6.07, 6.45) is 8.89. The molecule has 0 heterocycles. The molecule has 3 heteroatoms. The van der Waals surface area contributed by atoms with Gasteiger partial charge in [0.05, 0.1) is 12.2 Å². The van der Waals surface area contributed by atoms with Gasteiger partial charge in [0.25, 0.3) is 0 Å². The van der Waals surface area contributed by atoms with Crippen LogP contribution in [-0.2, 0) is 9.53 Å². The van der Waals surface area contributed by atoms with Gasteiger partial charge in [-0.2, -0.15) is 0 Å². The van der Waals surface area contributed by atoms with Crippen molar-refractivity contribution in [2.24, 2.45) is 28.6 Å². The van der Waals surface area contributed by atoms with E-state index < -0.39 is 0 Å². The summed E-state index contributed by atoms with van der Waals surface area (Å²) in [5.74, 6) is 2.31. The molecule has 0 radical (unpaired) electrons. The van der Waals surface area contributed by atoms with E-state index in [1.807, 2.05) is 0 Å². The molecule has 0 bridgehead atoms. The van der Waals surface area contributed by atoms with Gasteiger partial charge in [-0.05, 0) is 61.7 Å². The van der Waals surface area contributed by atoms with Gasteiger partial charge in [0.2, 0.25) is 0 Å². The summed E-state index contributed by atoms with van der Waals surface area (Å²) < 4.78 is 5.50. The Kier molecular flexibility index (Phi) is 3.55. The minimum absolute atomic E-state index is 0.0483. The third-order valence-electron chi connectivity index (χ3n) is 8.12. The number of Topliss-reactive ketones (excluding diaryl/α,β-unsaturated/α-hetero) is 1. The number of aliphatic hydroxyl groups excluding tert-OH is 1. The van der Waals surface area contributed by atoms with E-state index in [1.54, 1.807) is 7.11 Å². The van der Waals surface area contributed by atoms with E-state index in [4.69, 9.17) is 4.74 Å². The van der Waals surface area contributed by atoms with Crippen LogP contribution in [0.1, 0.15) is 58.8 Å². The van der Waals surface area contributed by atoms with E-state index in [2.05, 4.69) is 19.9 Å². The van der Waals surface area contributed by atoms with Crippen LogP contribution in [0.4, 0.5) is 0 Å². The zero-order valence-corrected chi connectivity index (χ0v) is 14.7. The minimum Gasteiger partial charge on any atom is -0.390 e. The lowest BCUT2D eigenvalue weighted by Crippen LogP contribution is -2.53. The van der Waals surface area contributed by atoms with Crippen molar-refractivity contribution < 1.29 is 14.6 Å². The minimum atomic E-state index is -0.362. The second-order valence-electron chi connectivity index (χ2n) is 8.93. The number of ketones is 1. The number of rotatable bonds is 1. The number of methoxy groups -OCH3 is 1. The Morgan fingerprint density at radius 3 is 2.70 bits per heavy atom. The summed E-state index contributed by atoms with van der Waals surface area (Å²) in [6, 6.07) is 0. The first kappa shape index (κ1) is 15.8. The molecule has 4 aliphatic rings. The molecule has 4 aliphatic carbocycles. The zero-order chi connectivity index (χ0) is 16.4. The van der Waals surface area contributed by atoms with E-state index in [0.29, 0.717) is 23.5 Å². The smallest absolute Gasteiger partial charge is 0.139 e. The number of fused-ring (bicyclic) bond motifs is 5. The van der Waals surface area contributed by atoms with Gasteiger partial charge >= 0.3 is 0 Å². The first-order valence-corrected chi connectivity index (χ1v) is 9.34. The second-order valence-corrected chi connectivity index (χ2v) is 8.93. The Morgan fingerprint density at radius 1 is 1.22 bits per heavy atom. The Labute approximate surface area is 139 Å². The van der Waals surface area contributed by atoms with Crippen LogP contribution >= 0.6 is 0 Å². The molecule has 3 nitrogen and oxygen atoms in total. The predicted molar refractivity (Wildman–Crippen MR) is 88.9 cm³/mol. The van der Waals surface area contributed by atoms with Crippen molar-refractivity contribution in [2.75, 3.05) is 7.11 Å². The molecule has 4 rings (SSSR count). The summed E-state index contributed by atoms with van der Waals surface area (Å²) in [5.41, 5.74) is 1.54. The van der Waals surface area contributed by atoms with Crippen LogP contribution in [0, 0.1) is 28.6 Å². The number of carbonyl (C=O) groups excluding carboxylic acids is 1. The molecule has 0 unspecified atom stereocenters. The van der Waals surface area contributed by atoms with Crippen LogP contribution in [-0.4, -0.2) is 30.2 Å². The molecule has 0 aromatic carbocycles. The van der Waals surface area contributed by atoms with Crippen molar-refractivity contribution in [3.8, 4) is 0 Å². The van der Waals surface area contributed by atoms with Crippen LogP contribution in [0.15, 0.2) is 11.6 Å². The summed E-state index contributed by atoms with van der Waals surface area (Å²) >= 11 is 0. The lowest BCUT2D eigenvalue weighted by molar-refractivity contribution is -0.133. The molecule has 0 aromatic rings. The fraction of sp³-hybridized carbons (Fsp3) is 0.850. The first-order valence-electron chi connectivity index (χ1n) is 9.34. The summed E-state index contributed by atoms with van der Waals surface area (Å²) in [4.78, 5) is 12.4. The SMILES string of the molecule is CO[C@H]1CC2=CC[C@@H]3[C@H](CC[C@]4(C)C(=O)CC[C@@H]34)[C@@]2(C)C[C@@H]1O. The summed E-state index contributed by atoms with van der Waals surface area (Å²) in [7, 11) is 1.71. The van der Waals surface area contributed by atoms with Crippen molar-refractivity contribution in [1.29, 1.82) is 0 Å². The van der Waals surface area contributed by atoms with Crippen LogP contribution in [0.2, 0.25) is 0 Å².